The van der Waals surface area contributed by atoms with E-state index in [9.17, 15) is 0 Å². The van der Waals surface area contributed by atoms with Crippen LogP contribution in [0.4, 0.5) is 0 Å². The molecule has 58 valence electrons. The topological polar surface area (TPSA) is 36.7 Å². The van der Waals surface area contributed by atoms with Crippen LogP contribution in [0.5, 0.6) is 0 Å². The molecule has 1 aromatic rings. The molecule has 0 aliphatic carbocycles. The summed E-state index contributed by atoms with van der Waals surface area (Å²) in [5.74, 6) is 0.424. The fourth-order valence-electron chi connectivity index (χ4n) is 0.992. The number of hydrogen-bond acceptors (Lipinski definition) is 3. The van der Waals surface area contributed by atoms with Gasteiger partial charge in [-0.05, 0) is 12.8 Å². The Labute approximate surface area is 70.5 Å². The monoisotopic (exact) mass is 166 g/mol. The van der Waals surface area contributed by atoms with Crippen molar-refractivity contribution < 1.29 is 0 Å². The molecule has 1 heterocycles. The largest absolute Gasteiger partial charge is 0.230 e. The van der Waals surface area contributed by atoms with Crippen molar-refractivity contribution in [3.05, 3.63) is 15.6 Å². The molecule has 0 atom stereocenters. The van der Waals surface area contributed by atoms with Crippen LogP contribution < -0.4 is 0 Å². The van der Waals surface area contributed by atoms with Gasteiger partial charge in [-0.1, -0.05) is 13.8 Å². The number of aryl methyl sites for hydroxylation is 1. The van der Waals surface area contributed by atoms with Gasteiger partial charge in [-0.25, -0.2) is 4.98 Å². The highest BCUT2D eigenvalue weighted by molar-refractivity contribution is 7.12. The number of rotatable bonds is 1. The molecular formula is C8H10N2S. The van der Waals surface area contributed by atoms with E-state index in [1.165, 1.54) is 11.3 Å². The number of hydrogen-bond donors (Lipinski definition) is 0. The Morgan fingerprint density at radius 1 is 1.55 bits per heavy atom. The second-order valence-corrected chi connectivity index (χ2v) is 3.93. The summed E-state index contributed by atoms with van der Waals surface area (Å²) in [7, 11) is 0. The molecule has 0 spiro atoms. The van der Waals surface area contributed by atoms with Crippen molar-refractivity contribution in [1.82, 2.24) is 4.98 Å². The molecule has 0 fully saturated rings. The van der Waals surface area contributed by atoms with Gasteiger partial charge in [0.05, 0.1) is 5.69 Å². The van der Waals surface area contributed by atoms with Gasteiger partial charge < -0.3 is 0 Å². The smallest absolute Gasteiger partial charge is 0.194 e. The lowest BCUT2D eigenvalue weighted by molar-refractivity contribution is 0.823. The molecule has 3 heteroatoms. The third kappa shape index (κ3) is 1.58. The van der Waals surface area contributed by atoms with E-state index in [0.29, 0.717) is 10.9 Å². The first-order valence-corrected chi connectivity index (χ1v) is 4.34. The highest BCUT2D eigenvalue weighted by Crippen LogP contribution is 2.23. The maximum absolute atomic E-state index is 8.56. The minimum Gasteiger partial charge on any atom is -0.230 e. The van der Waals surface area contributed by atoms with Crippen LogP contribution in [-0.4, -0.2) is 4.98 Å². The molecule has 1 aromatic heterocycles. The zero-order valence-corrected chi connectivity index (χ0v) is 7.70. The fourth-order valence-corrected chi connectivity index (χ4v) is 1.86. The Bertz CT molecular complexity index is 294. The maximum atomic E-state index is 8.56. The molecule has 0 bridgehead atoms. The molecule has 0 unspecified atom stereocenters. The maximum Gasteiger partial charge on any atom is 0.194 e. The highest BCUT2D eigenvalue weighted by atomic mass is 32.1. The van der Waals surface area contributed by atoms with Gasteiger partial charge in [0.2, 0.25) is 0 Å². The minimum absolute atomic E-state index is 0.424. The third-order valence-electron chi connectivity index (χ3n) is 1.47. The van der Waals surface area contributed by atoms with E-state index in [2.05, 4.69) is 24.9 Å². The van der Waals surface area contributed by atoms with Crippen molar-refractivity contribution in [2.75, 3.05) is 0 Å². The average Bonchev–Trinajstić information content (AvgIpc) is 2.30. The minimum atomic E-state index is 0.424. The van der Waals surface area contributed by atoms with E-state index in [1.54, 1.807) is 0 Å². The van der Waals surface area contributed by atoms with Gasteiger partial charge in [-0.2, -0.15) is 5.26 Å². The zero-order valence-electron chi connectivity index (χ0n) is 6.88. The lowest BCUT2D eigenvalue weighted by atomic mass is 10.1. The molecule has 0 aliphatic rings. The second-order valence-electron chi connectivity index (χ2n) is 2.73. The van der Waals surface area contributed by atoms with Crippen LogP contribution in [0.25, 0.3) is 0 Å². The summed E-state index contributed by atoms with van der Waals surface area (Å²) in [6, 6.07) is 2.05. The molecule has 0 amide bonds. The second kappa shape index (κ2) is 3.02. The predicted molar refractivity (Wildman–Crippen MR) is 45.7 cm³/mol. The van der Waals surface area contributed by atoms with E-state index in [4.69, 9.17) is 5.26 Å². The molecule has 0 aromatic carbocycles. The first kappa shape index (κ1) is 8.22. The lowest BCUT2D eigenvalue weighted by Gasteiger charge is -1.98. The Morgan fingerprint density at radius 2 is 2.18 bits per heavy atom. The summed E-state index contributed by atoms with van der Waals surface area (Å²) in [5.41, 5.74) is 1.06. The summed E-state index contributed by atoms with van der Waals surface area (Å²) < 4.78 is 0. The van der Waals surface area contributed by atoms with Gasteiger partial charge in [0.25, 0.3) is 0 Å². The summed E-state index contributed by atoms with van der Waals surface area (Å²) >= 11 is 1.47. The Hall–Kier alpha value is -0.880. The van der Waals surface area contributed by atoms with Crippen LogP contribution in [0, 0.1) is 18.3 Å². The van der Waals surface area contributed by atoms with Gasteiger partial charge in [0.1, 0.15) is 6.07 Å². The van der Waals surface area contributed by atoms with Crippen molar-refractivity contribution in [1.29, 1.82) is 5.26 Å². The molecule has 0 aliphatic heterocycles. The summed E-state index contributed by atoms with van der Waals surface area (Å²) in [6.07, 6.45) is 0. The molecule has 0 saturated carbocycles. The van der Waals surface area contributed by atoms with Crippen molar-refractivity contribution in [2.24, 2.45) is 0 Å². The van der Waals surface area contributed by atoms with Crippen molar-refractivity contribution in [2.45, 2.75) is 26.7 Å². The van der Waals surface area contributed by atoms with E-state index in [-0.39, 0.29) is 0 Å². The van der Waals surface area contributed by atoms with E-state index < -0.39 is 0 Å². The SMILES string of the molecule is Cc1sc(C#N)nc1C(C)C. The number of thiazole rings is 1. The van der Waals surface area contributed by atoms with E-state index >= 15 is 0 Å². The number of aromatic nitrogens is 1. The molecule has 2 nitrogen and oxygen atoms in total. The molecule has 1 rings (SSSR count). The van der Waals surface area contributed by atoms with Crippen LogP contribution in [0.15, 0.2) is 0 Å². The van der Waals surface area contributed by atoms with Crippen molar-refractivity contribution in [3.8, 4) is 6.07 Å². The molecule has 0 radical (unpaired) electrons. The van der Waals surface area contributed by atoms with Crippen LogP contribution in [0.2, 0.25) is 0 Å². The van der Waals surface area contributed by atoms with Gasteiger partial charge in [-0.3, -0.25) is 0 Å². The summed E-state index contributed by atoms with van der Waals surface area (Å²) in [4.78, 5) is 5.35. The Balaban J connectivity index is 3.09. The number of nitriles is 1. The normalized spacial score (nSPS) is 10.1. The van der Waals surface area contributed by atoms with Crippen LogP contribution >= 0.6 is 11.3 Å². The predicted octanol–water partition coefficient (Wildman–Crippen LogP) is 2.45. The number of nitrogens with zero attached hydrogens (tertiary/aromatic N) is 2. The van der Waals surface area contributed by atoms with E-state index in [1.807, 2.05) is 6.92 Å². The summed E-state index contributed by atoms with van der Waals surface area (Å²) in [6.45, 7) is 6.18. The van der Waals surface area contributed by atoms with Gasteiger partial charge in [0, 0.05) is 4.88 Å². The molecule has 0 N–H and O–H groups in total. The van der Waals surface area contributed by atoms with Crippen molar-refractivity contribution in [3.63, 3.8) is 0 Å². The van der Waals surface area contributed by atoms with Gasteiger partial charge >= 0.3 is 0 Å². The lowest BCUT2D eigenvalue weighted by Crippen LogP contribution is -1.89. The highest BCUT2D eigenvalue weighted by Gasteiger charge is 2.09. The first-order chi connectivity index (χ1) is 5.15. The van der Waals surface area contributed by atoms with Crippen LogP contribution in [0.1, 0.15) is 35.3 Å². The summed E-state index contributed by atoms with van der Waals surface area (Å²) in [5, 5.41) is 9.13. The van der Waals surface area contributed by atoms with Gasteiger partial charge in [0.15, 0.2) is 5.01 Å². The van der Waals surface area contributed by atoms with Crippen molar-refractivity contribution >= 4 is 11.3 Å². The van der Waals surface area contributed by atoms with Gasteiger partial charge in [-0.15, -0.1) is 11.3 Å². The zero-order chi connectivity index (χ0) is 8.43. The van der Waals surface area contributed by atoms with Crippen LogP contribution in [0.3, 0.4) is 0 Å². The quantitative estimate of drug-likeness (QED) is 0.642. The standard InChI is InChI=1S/C8H10N2S/c1-5(2)8-6(3)11-7(4-9)10-8/h5H,1-3H3. The molecular weight excluding hydrogens is 156 g/mol. The average molecular weight is 166 g/mol. The fraction of sp³-hybridized carbons (Fsp3) is 0.500. The molecule has 11 heavy (non-hydrogen) atoms. The van der Waals surface area contributed by atoms with E-state index in [0.717, 1.165) is 10.6 Å². The third-order valence-corrected chi connectivity index (χ3v) is 2.37. The van der Waals surface area contributed by atoms with Crippen LogP contribution in [-0.2, 0) is 0 Å². The Kier molecular flexibility index (Phi) is 2.25. The molecule has 0 saturated heterocycles. The Morgan fingerprint density at radius 3 is 2.45 bits per heavy atom. The first-order valence-electron chi connectivity index (χ1n) is 3.52.